The van der Waals surface area contributed by atoms with Crippen LogP contribution in [0.2, 0.25) is 5.02 Å². The SMILES string of the molecule is COC(=O)c1nnc(-c2c(F)cccc2Cl)cc1Nc1ccc(SC)cc1. The minimum Gasteiger partial charge on any atom is -0.464 e. The van der Waals surface area contributed by atoms with E-state index < -0.39 is 11.8 Å². The maximum absolute atomic E-state index is 14.2. The summed E-state index contributed by atoms with van der Waals surface area (Å²) in [7, 11) is 1.25. The zero-order valence-electron chi connectivity index (χ0n) is 14.5. The van der Waals surface area contributed by atoms with Gasteiger partial charge in [-0.15, -0.1) is 22.0 Å². The molecule has 0 atom stereocenters. The van der Waals surface area contributed by atoms with Gasteiger partial charge in [0.1, 0.15) is 5.82 Å². The first-order valence-electron chi connectivity index (χ1n) is 7.85. The average Bonchev–Trinajstić information content (AvgIpc) is 2.68. The minimum atomic E-state index is -0.656. The van der Waals surface area contributed by atoms with Crippen LogP contribution in [0.25, 0.3) is 11.3 Å². The van der Waals surface area contributed by atoms with Gasteiger partial charge in [0.25, 0.3) is 0 Å². The first kappa shape index (κ1) is 19.1. The Hall–Kier alpha value is -2.64. The molecule has 0 bridgehead atoms. The smallest absolute Gasteiger partial charge is 0.360 e. The third-order valence-electron chi connectivity index (χ3n) is 3.76. The predicted molar refractivity (Wildman–Crippen MR) is 105 cm³/mol. The molecule has 138 valence electrons. The molecule has 2 aromatic carbocycles. The zero-order chi connectivity index (χ0) is 19.4. The summed E-state index contributed by atoms with van der Waals surface area (Å²) in [6, 6.07) is 13.5. The Balaban J connectivity index is 2.07. The highest BCUT2D eigenvalue weighted by molar-refractivity contribution is 7.98. The largest absolute Gasteiger partial charge is 0.464 e. The van der Waals surface area contributed by atoms with Crippen molar-refractivity contribution < 1.29 is 13.9 Å². The summed E-state index contributed by atoms with van der Waals surface area (Å²) >= 11 is 7.74. The van der Waals surface area contributed by atoms with Crippen LogP contribution in [0.15, 0.2) is 53.4 Å². The standard InChI is InChI=1S/C19H15ClFN3O2S/c1-26-19(25)18-16(22-11-6-8-12(27-2)9-7-11)10-15(23-24-18)17-13(20)4-3-5-14(17)21/h3-10H,1-2H3,(H,22,23). The second-order valence-electron chi connectivity index (χ2n) is 5.43. The maximum Gasteiger partial charge on any atom is 0.360 e. The minimum absolute atomic E-state index is 0.0114. The van der Waals surface area contributed by atoms with Crippen molar-refractivity contribution in [1.29, 1.82) is 0 Å². The van der Waals surface area contributed by atoms with E-state index in [9.17, 15) is 9.18 Å². The molecular weight excluding hydrogens is 389 g/mol. The Morgan fingerprint density at radius 1 is 1.19 bits per heavy atom. The summed E-state index contributed by atoms with van der Waals surface area (Å²) in [5, 5.41) is 11.2. The van der Waals surface area contributed by atoms with Crippen LogP contribution in [0.1, 0.15) is 10.5 Å². The summed E-state index contributed by atoms with van der Waals surface area (Å²) in [5.41, 5.74) is 1.38. The fourth-order valence-corrected chi connectivity index (χ4v) is 3.10. The molecule has 1 aromatic heterocycles. The molecule has 27 heavy (non-hydrogen) atoms. The van der Waals surface area contributed by atoms with Gasteiger partial charge in [-0.3, -0.25) is 0 Å². The molecule has 1 heterocycles. The Labute approximate surface area is 164 Å². The van der Waals surface area contributed by atoms with Gasteiger partial charge in [-0.1, -0.05) is 17.7 Å². The van der Waals surface area contributed by atoms with Gasteiger partial charge in [0.05, 0.1) is 29.1 Å². The van der Waals surface area contributed by atoms with Crippen molar-refractivity contribution in [3.63, 3.8) is 0 Å². The van der Waals surface area contributed by atoms with Gasteiger partial charge >= 0.3 is 5.97 Å². The monoisotopic (exact) mass is 403 g/mol. The first-order valence-corrected chi connectivity index (χ1v) is 9.45. The van der Waals surface area contributed by atoms with Crippen LogP contribution in [0, 0.1) is 5.82 Å². The lowest BCUT2D eigenvalue weighted by atomic mass is 10.1. The van der Waals surface area contributed by atoms with E-state index in [1.165, 1.54) is 25.3 Å². The molecule has 0 aliphatic carbocycles. The molecule has 0 saturated carbocycles. The lowest BCUT2D eigenvalue weighted by molar-refractivity contribution is 0.0594. The van der Waals surface area contributed by atoms with E-state index in [1.807, 2.05) is 30.5 Å². The molecule has 0 saturated heterocycles. The second-order valence-corrected chi connectivity index (χ2v) is 6.72. The number of rotatable bonds is 5. The van der Waals surface area contributed by atoms with E-state index in [2.05, 4.69) is 15.5 Å². The maximum atomic E-state index is 14.2. The van der Waals surface area contributed by atoms with Crippen LogP contribution >= 0.6 is 23.4 Å². The number of nitrogens with one attached hydrogen (secondary N) is 1. The van der Waals surface area contributed by atoms with Gasteiger partial charge in [-0.2, -0.15) is 0 Å². The molecule has 0 amide bonds. The second kappa shape index (κ2) is 8.37. The van der Waals surface area contributed by atoms with Crippen LogP contribution in [0.5, 0.6) is 0 Å². The number of ether oxygens (including phenoxy) is 1. The van der Waals surface area contributed by atoms with Crippen LogP contribution in [-0.4, -0.2) is 29.5 Å². The molecule has 0 unspecified atom stereocenters. The van der Waals surface area contributed by atoms with Gasteiger partial charge in [-0.25, -0.2) is 9.18 Å². The third-order valence-corrected chi connectivity index (χ3v) is 4.82. The Kier molecular flexibility index (Phi) is 5.93. The van der Waals surface area contributed by atoms with E-state index in [1.54, 1.807) is 17.8 Å². The van der Waals surface area contributed by atoms with E-state index in [0.717, 1.165) is 10.6 Å². The molecule has 0 aliphatic heterocycles. The zero-order valence-corrected chi connectivity index (χ0v) is 16.1. The van der Waals surface area contributed by atoms with Crippen molar-refractivity contribution in [1.82, 2.24) is 10.2 Å². The summed E-state index contributed by atoms with van der Waals surface area (Å²) in [6.45, 7) is 0. The number of methoxy groups -OCH3 is 1. The number of carbonyl (C=O) groups excluding carboxylic acids is 1. The van der Waals surface area contributed by atoms with Crippen molar-refractivity contribution in [2.45, 2.75) is 4.90 Å². The number of benzene rings is 2. The van der Waals surface area contributed by atoms with Crippen LogP contribution in [0.4, 0.5) is 15.8 Å². The Morgan fingerprint density at radius 3 is 2.56 bits per heavy atom. The fourth-order valence-electron chi connectivity index (χ4n) is 2.43. The molecule has 3 rings (SSSR count). The summed E-state index contributed by atoms with van der Waals surface area (Å²) in [5.74, 6) is -1.19. The van der Waals surface area contributed by atoms with E-state index in [0.29, 0.717) is 5.69 Å². The first-order chi connectivity index (χ1) is 13.0. The fraction of sp³-hybridized carbons (Fsp3) is 0.105. The number of nitrogens with zero attached hydrogens (tertiary/aromatic N) is 2. The number of thioether (sulfide) groups is 1. The van der Waals surface area contributed by atoms with Crippen molar-refractivity contribution in [3.05, 3.63) is 65.1 Å². The van der Waals surface area contributed by atoms with Crippen molar-refractivity contribution in [3.8, 4) is 11.3 Å². The Bertz CT molecular complexity index is 963. The number of esters is 1. The van der Waals surface area contributed by atoms with E-state index in [-0.39, 0.29) is 22.0 Å². The number of aromatic nitrogens is 2. The van der Waals surface area contributed by atoms with Crippen LogP contribution < -0.4 is 5.32 Å². The van der Waals surface area contributed by atoms with Gasteiger partial charge in [0, 0.05) is 10.6 Å². The molecule has 0 spiro atoms. The highest BCUT2D eigenvalue weighted by Crippen LogP contribution is 2.32. The van der Waals surface area contributed by atoms with Crippen LogP contribution in [-0.2, 0) is 4.74 Å². The summed E-state index contributed by atoms with van der Waals surface area (Å²) < 4.78 is 19.0. The van der Waals surface area contributed by atoms with Gasteiger partial charge in [-0.05, 0) is 48.7 Å². The number of halogens is 2. The topological polar surface area (TPSA) is 64.1 Å². The predicted octanol–water partition coefficient (Wildman–Crippen LogP) is 5.19. The van der Waals surface area contributed by atoms with Crippen LogP contribution in [0.3, 0.4) is 0 Å². The highest BCUT2D eigenvalue weighted by Gasteiger charge is 2.19. The molecule has 0 aliphatic rings. The van der Waals surface area contributed by atoms with Crippen molar-refractivity contribution >= 4 is 40.7 Å². The molecule has 3 aromatic rings. The summed E-state index contributed by atoms with van der Waals surface area (Å²) in [6.07, 6.45) is 1.98. The average molecular weight is 404 g/mol. The third kappa shape index (κ3) is 4.20. The highest BCUT2D eigenvalue weighted by atomic mass is 35.5. The number of anilines is 2. The van der Waals surface area contributed by atoms with E-state index >= 15 is 0 Å². The molecule has 0 fully saturated rings. The van der Waals surface area contributed by atoms with Gasteiger partial charge in [0.2, 0.25) is 0 Å². The molecule has 0 radical (unpaired) electrons. The number of carbonyl (C=O) groups is 1. The number of hydrogen-bond donors (Lipinski definition) is 1. The quantitative estimate of drug-likeness (QED) is 0.467. The van der Waals surface area contributed by atoms with Crippen molar-refractivity contribution in [2.24, 2.45) is 0 Å². The lowest BCUT2D eigenvalue weighted by Gasteiger charge is -2.12. The normalized spacial score (nSPS) is 10.5. The number of hydrogen-bond acceptors (Lipinski definition) is 6. The molecule has 8 heteroatoms. The van der Waals surface area contributed by atoms with E-state index in [4.69, 9.17) is 16.3 Å². The Morgan fingerprint density at radius 2 is 1.93 bits per heavy atom. The van der Waals surface area contributed by atoms with Crippen molar-refractivity contribution in [2.75, 3.05) is 18.7 Å². The molecule has 1 N–H and O–H groups in total. The van der Waals surface area contributed by atoms with Gasteiger partial charge in [0.15, 0.2) is 5.69 Å². The molecular formula is C19H15ClFN3O2S. The molecule has 5 nitrogen and oxygen atoms in total. The summed E-state index contributed by atoms with van der Waals surface area (Å²) in [4.78, 5) is 13.1. The lowest BCUT2D eigenvalue weighted by Crippen LogP contribution is -2.10. The van der Waals surface area contributed by atoms with Gasteiger partial charge < -0.3 is 10.1 Å².